The minimum absolute atomic E-state index is 0.261. The molecule has 2 aromatic carbocycles. The lowest BCUT2D eigenvalue weighted by Gasteiger charge is -2.17. The zero-order valence-electron chi connectivity index (χ0n) is 19.5. The second-order valence-corrected chi connectivity index (χ2v) is 10.4. The minimum atomic E-state index is -4.32. The first-order valence-electron chi connectivity index (χ1n) is 11.0. The Morgan fingerprint density at radius 2 is 1.80 bits per heavy atom. The summed E-state index contributed by atoms with van der Waals surface area (Å²) in [7, 11) is -3.01. The van der Waals surface area contributed by atoms with Crippen LogP contribution in [0.5, 0.6) is 0 Å². The van der Waals surface area contributed by atoms with E-state index in [9.17, 15) is 23.1 Å². The van der Waals surface area contributed by atoms with Crippen molar-refractivity contribution < 1.29 is 32.3 Å². The summed E-state index contributed by atoms with van der Waals surface area (Å²) in [4.78, 5) is 24.6. The van der Waals surface area contributed by atoms with E-state index in [1.165, 1.54) is 27.0 Å². The third kappa shape index (κ3) is 5.08. The van der Waals surface area contributed by atoms with Gasteiger partial charge in [-0.3, -0.25) is 0 Å². The highest BCUT2D eigenvalue weighted by atomic mass is 32.2. The summed E-state index contributed by atoms with van der Waals surface area (Å²) in [6, 6.07) is 10.8. The van der Waals surface area contributed by atoms with Crippen LogP contribution in [-0.2, 0) is 33.2 Å². The molecule has 1 aliphatic carbocycles. The third-order valence-electron chi connectivity index (χ3n) is 5.91. The maximum absolute atomic E-state index is 12.8. The zero-order chi connectivity index (χ0) is 25.4. The van der Waals surface area contributed by atoms with Crippen molar-refractivity contribution in [2.24, 2.45) is 0 Å². The number of hydrogen-bond acceptors (Lipinski definition) is 7. The van der Waals surface area contributed by atoms with E-state index < -0.39 is 32.7 Å². The van der Waals surface area contributed by atoms with Crippen LogP contribution >= 0.6 is 0 Å². The van der Waals surface area contributed by atoms with Gasteiger partial charge < -0.3 is 19.6 Å². The van der Waals surface area contributed by atoms with Gasteiger partial charge in [0.05, 0.1) is 30.2 Å². The number of methoxy groups -OCH3 is 1. The molecule has 0 atom stereocenters. The zero-order valence-corrected chi connectivity index (χ0v) is 20.4. The van der Waals surface area contributed by atoms with Gasteiger partial charge in [-0.2, -0.15) is 8.42 Å². The highest BCUT2D eigenvalue weighted by Gasteiger charge is 2.27. The molecule has 0 radical (unpaired) electrons. The normalized spacial score (nSPS) is 13.3. The number of nitrogens with one attached hydrogen (secondary N) is 2. The van der Waals surface area contributed by atoms with Crippen molar-refractivity contribution >= 4 is 27.7 Å². The maximum Gasteiger partial charge on any atom is 0.337 e. The number of urea groups is 1. The molecule has 10 heteroatoms. The van der Waals surface area contributed by atoms with E-state index in [4.69, 9.17) is 9.15 Å². The number of carbonyl (C=O) groups excluding carboxylic acids is 2. The number of sulfonamides is 1. The Hall–Kier alpha value is -3.63. The summed E-state index contributed by atoms with van der Waals surface area (Å²) in [6.07, 6.45) is 3.64. The highest BCUT2D eigenvalue weighted by molar-refractivity contribution is 7.89. The molecule has 2 amide bonds. The summed E-state index contributed by atoms with van der Waals surface area (Å²) in [5.41, 5.74) is 3.31. The molecule has 0 saturated carbocycles. The molecule has 1 aliphatic rings. The smallest absolute Gasteiger partial charge is 0.337 e. The first-order valence-corrected chi connectivity index (χ1v) is 12.5. The predicted molar refractivity (Wildman–Crippen MR) is 129 cm³/mol. The lowest BCUT2D eigenvalue weighted by molar-refractivity contribution is 0.0600. The Kier molecular flexibility index (Phi) is 6.44. The van der Waals surface area contributed by atoms with Crippen molar-refractivity contribution in [1.29, 1.82) is 0 Å². The van der Waals surface area contributed by atoms with E-state index >= 15 is 0 Å². The highest BCUT2D eigenvalue weighted by Crippen LogP contribution is 2.37. The SMILES string of the molecule is COC(=O)c1ccc(-c2ccc3c(c2NC(=O)NS(=O)(=O)c2cc(C(C)(C)O)co2)CCC3)cc1. The molecule has 184 valence electrons. The van der Waals surface area contributed by atoms with Crippen molar-refractivity contribution in [3.05, 3.63) is 71.0 Å². The molecule has 1 heterocycles. The monoisotopic (exact) mass is 498 g/mol. The fraction of sp³-hybridized carbons (Fsp3) is 0.280. The summed E-state index contributed by atoms with van der Waals surface area (Å²) in [6.45, 7) is 2.98. The van der Waals surface area contributed by atoms with Crippen LogP contribution in [0.15, 0.2) is 58.2 Å². The summed E-state index contributed by atoms with van der Waals surface area (Å²) < 4.78 is 37.2. The number of furan rings is 1. The molecule has 0 unspecified atom stereocenters. The Bertz CT molecular complexity index is 1380. The molecule has 3 aromatic rings. The number of hydrogen-bond donors (Lipinski definition) is 3. The number of rotatable bonds is 6. The average molecular weight is 499 g/mol. The van der Waals surface area contributed by atoms with E-state index in [0.717, 1.165) is 42.2 Å². The van der Waals surface area contributed by atoms with Gasteiger partial charge in [0.1, 0.15) is 0 Å². The number of fused-ring (bicyclic) bond motifs is 1. The largest absolute Gasteiger partial charge is 0.465 e. The number of aliphatic hydroxyl groups is 1. The molecule has 1 aromatic heterocycles. The number of esters is 1. The molecule has 0 aliphatic heterocycles. The molecule has 0 saturated heterocycles. The summed E-state index contributed by atoms with van der Waals surface area (Å²) >= 11 is 0. The second-order valence-electron chi connectivity index (χ2n) is 8.82. The topological polar surface area (TPSA) is 135 Å². The first kappa shape index (κ1) is 24.5. The van der Waals surface area contributed by atoms with Crippen molar-refractivity contribution in [2.45, 2.75) is 43.8 Å². The molecular weight excluding hydrogens is 472 g/mol. The van der Waals surface area contributed by atoms with Gasteiger partial charge in [0.2, 0.25) is 5.09 Å². The second kappa shape index (κ2) is 9.20. The van der Waals surface area contributed by atoms with Crippen molar-refractivity contribution in [3.63, 3.8) is 0 Å². The first-order chi connectivity index (χ1) is 16.5. The van der Waals surface area contributed by atoms with E-state index in [-0.39, 0.29) is 5.56 Å². The number of ether oxygens (including phenoxy) is 1. The van der Waals surface area contributed by atoms with Crippen LogP contribution in [0.1, 0.15) is 47.3 Å². The van der Waals surface area contributed by atoms with Crippen molar-refractivity contribution in [2.75, 3.05) is 12.4 Å². The lowest BCUT2D eigenvalue weighted by Crippen LogP contribution is -2.34. The molecule has 4 rings (SSSR count). The minimum Gasteiger partial charge on any atom is -0.465 e. The Balaban J connectivity index is 1.62. The van der Waals surface area contributed by atoms with Crippen molar-refractivity contribution in [1.82, 2.24) is 4.72 Å². The number of anilines is 1. The van der Waals surface area contributed by atoms with Gasteiger partial charge in [-0.25, -0.2) is 14.3 Å². The fourth-order valence-corrected chi connectivity index (χ4v) is 4.90. The predicted octanol–water partition coefficient (Wildman–Crippen LogP) is 3.96. The molecule has 3 N–H and O–H groups in total. The van der Waals surface area contributed by atoms with E-state index in [1.807, 2.05) is 16.9 Å². The van der Waals surface area contributed by atoms with Gasteiger partial charge in [-0.05, 0) is 61.9 Å². The number of amides is 2. The standard InChI is InChI=1S/C25H26N2O7S/c1-25(2,30)18-13-21(34-14-18)35(31,32)27-24(29)26-22-19-6-4-5-15(19)11-12-20(22)16-7-9-17(10-8-16)23(28)33-3/h7-14,30H,4-6H2,1-3H3,(H2,26,27,29). The quantitative estimate of drug-likeness (QED) is 0.438. The van der Waals surface area contributed by atoms with Crippen LogP contribution in [0, 0.1) is 0 Å². The number of carbonyl (C=O) groups is 2. The summed E-state index contributed by atoms with van der Waals surface area (Å²) in [5, 5.41) is 12.3. The van der Waals surface area contributed by atoms with Crippen LogP contribution in [0.4, 0.5) is 10.5 Å². The Morgan fingerprint density at radius 1 is 1.09 bits per heavy atom. The van der Waals surface area contributed by atoms with Crippen LogP contribution in [0.2, 0.25) is 0 Å². The van der Waals surface area contributed by atoms with Gasteiger partial charge in [-0.15, -0.1) is 0 Å². The van der Waals surface area contributed by atoms with Crippen LogP contribution < -0.4 is 10.0 Å². The van der Waals surface area contributed by atoms with Crippen LogP contribution in [0.3, 0.4) is 0 Å². The molecule has 0 fully saturated rings. The fourth-order valence-electron chi connectivity index (χ4n) is 4.04. The number of benzene rings is 2. The van der Waals surface area contributed by atoms with Crippen LogP contribution in [0.25, 0.3) is 11.1 Å². The molecule has 35 heavy (non-hydrogen) atoms. The molecule has 9 nitrogen and oxygen atoms in total. The molecular formula is C25H26N2O7S. The van der Waals surface area contributed by atoms with Gasteiger partial charge in [0, 0.05) is 17.2 Å². The Morgan fingerprint density at radius 3 is 2.43 bits per heavy atom. The maximum atomic E-state index is 12.8. The summed E-state index contributed by atoms with van der Waals surface area (Å²) in [5.74, 6) is -0.459. The van der Waals surface area contributed by atoms with E-state index in [0.29, 0.717) is 16.8 Å². The molecule has 0 bridgehead atoms. The van der Waals surface area contributed by atoms with Crippen LogP contribution in [-0.4, -0.2) is 32.6 Å². The lowest BCUT2D eigenvalue weighted by atomic mass is 9.96. The van der Waals surface area contributed by atoms with Gasteiger partial charge in [-0.1, -0.05) is 24.3 Å². The number of aryl methyl sites for hydroxylation is 1. The van der Waals surface area contributed by atoms with Gasteiger partial charge >= 0.3 is 12.0 Å². The molecule has 0 spiro atoms. The van der Waals surface area contributed by atoms with E-state index in [2.05, 4.69) is 5.32 Å². The average Bonchev–Trinajstić information content (AvgIpc) is 3.49. The van der Waals surface area contributed by atoms with E-state index in [1.54, 1.807) is 24.3 Å². The third-order valence-corrected chi connectivity index (χ3v) is 7.11. The van der Waals surface area contributed by atoms with Gasteiger partial charge in [0.15, 0.2) is 0 Å². The van der Waals surface area contributed by atoms with Crippen molar-refractivity contribution in [3.8, 4) is 11.1 Å². The Labute approximate surface area is 203 Å². The van der Waals surface area contributed by atoms with Gasteiger partial charge in [0.25, 0.3) is 10.0 Å².